The number of aromatic nitrogens is 5. The molecule has 0 spiro atoms. The summed E-state index contributed by atoms with van der Waals surface area (Å²) in [5, 5.41) is 16.8. The van der Waals surface area contributed by atoms with E-state index in [4.69, 9.17) is 0 Å². The Morgan fingerprint density at radius 1 is 1.06 bits per heavy atom. The second kappa shape index (κ2) is 8.65. The SMILES string of the molecule is Cn1nc2c(c1C(=O)NC1CCc3nnc(CCc4ccccc4)n3CC1)CCCC2. The van der Waals surface area contributed by atoms with Gasteiger partial charge in [-0.1, -0.05) is 30.3 Å². The van der Waals surface area contributed by atoms with Crippen LogP contribution < -0.4 is 5.32 Å². The van der Waals surface area contributed by atoms with Gasteiger partial charge in [-0.15, -0.1) is 10.2 Å². The number of amides is 1. The predicted molar refractivity (Wildman–Crippen MR) is 118 cm³/mol. The van der Waals surface area contributed by atoms with Crippen molar-refractivity contribution in [2.45, 2.75) is 70.4 Å². The van der Waals surface area contributed by atoms with Crippen molar-refractivity contribution in [3.8, 4) is 0 Å². The first-order valence-electron chi connectivity index (χ1n) is 11.5. The number of hydrogen-bond acceptors (Lipinski definition) is 4. The van der Waals surface area contributed by atoms with Gasteiger partial charge in [0.1, 0.15) is 17.3 Å². The average molecular weight is 419 g/mol. The fourth-order valence-electron chi connectivity index (χ4n) is 5.00. The Hall–Kier alpha value is -2.96. The molecule has 2 aromatic heterocycles. The van der Waals surface area contributed by atoms with Crippen LogP contribution in [-0.4, -0.2) is 36.5 Å². The molecule has 1 aliphatic heterocycles. The Balaban J connectivity index is 1.23. The predicted octanol–water partition coefficient (Wildman–Crippen LogP) is 2.81. The number of hydrogen-bond donors (Lipinski definition) is 1. The quantitative estimate of drug-likeness (QED) is 0.691. The van der Waals surface area contributed by atoms with Crippen molar-refractivity contribution in [3.63, 3.8) is 0 Å². The molecule has 3 heterocycles. The number of nitrogens with one attached hydrogen (secondary N) is 1. The number of carbonyl (C=O) groups excluding carboxylic acids is 1. The molecule has 162 valence electrons. The topological polar surface area (TPSA) is 77.6 Å². The van der Waals surface area contributed by atoms with Crippen molar-refractivity contribution in [1.29, 1.82) is 0 Å². The van der Waals surface area contributed by atoms with Gasteiger partial charge in [-0.3, -0.25) is 9.48 Å². The fraction of sp³-hybridized carbons (Fsp3) is 0.500. The van der Waals surface area contributed by atoms with Crippen LogP contribution >= 0.6 is 0 Å². The normalized spacial score (nSPS) is 18.2. The molecular weight excluding hydrogens is 388 g/mol. The van der Waals surface area contributed by atoms with E-state index >= 15 is 0 Å². The third-order valence-corrected chi connectivity index (χ3v) is 6.67. The van der Waals surface area contributed by atoms with E-state index in [1.165, 1.54) is 12.0 Å². The summed E-state index contributed by atoms with van der Waals surface area (Å²) >= 11 is 0. The molecule has 0 radical (unpaired) electrons. The maximum absolute atomic E-state index is 13.1. The smallest absolute Gasteiger partial charge is 0.270 e. The van der Waals surface area contributed by atoms with Gasteiger partial charge >= 0.3 is 0 Å². The summed E-state index contributed by atoms with van der Waals surface area (Å²) in [6.45, 7) is 0.848. The molecule has 7 nitrogen and oxygen atoms in total. The molecule has 7 heteroatoms. The minimum absolute atomic E-state index is 0.0186. The number of rotatable bonds is 5. The zero-order valence-electron chi connectivity index (χ0n) is 18.2. The van der Waals surface area contributed by atoms with Crippen molar-refractivity contribution < 1.29 is 4.79 Å². The molecule has 0 bridgehead atoms. The Labute approximate surface area is 182 Å². The van der Waals surface area contributed by atoms with Crippen LogP contribution in [0.3, 0.4) is 0 Å². The molecule has 1 aliphatic carbocycles. The molecule has 2 aliphatic rings. The van der Waals surface area contributed by atoms with E-state index in [1.54, 1.807) is 4.68 Å². The summed E-state index contributed by atoms with van der Waals surface area (Å²) < 4.78 is 4.04. The van der Waals surface area contributed by atoms with Crippen LogP contribution in [0.4, 0.5) is 0 Å². The Morgan fingerprint density at radius 3 is 2.77 bits per heavy atom. The van der Waals surface area contributed by atoms with Gasteiger partial charge in [0.15, 0.2) is 0 Å². The Kier molecular flexibility index (Phi) is 5.57. The van der Waals surface area contributed by atoms with Crippen LogP contribution in [0.15, 0.2) is 30.3 Å². The van der Waals surface area contributed by atoms with Crippen molar-refractivity contribution >= 4 is 5.91 Å². The Bertz CT molecular complexity index is 1070. The number of aryl methyl sites for hydroxylation is 5. The average Bonchev–Trinajstić information content (AvgIpc) is 3.27. The van der Waals surface area contributed by atoms with E-state index in [0.29, 0.717) is 0 Å². The molecule has 31 heavy (non-hydrogen) atoms. The van der Waals surface area contributed by atoms with E-state index in [0.717, 1.165) is 86.5 Å². The lowest BCUT2D eigenvalue weighted by atomic mass is 9.95. The number of carbonyl (C=O) groups is 1. The highest BCUT2D eigenvalue weighted by atomic mass is 16.2. The number of fused-ring (bicyclic) bond motifs is 2. The third kappa shape index (κ3) is 4.13. The second-order valence-electron chi connectivity index (χ2n) is 8.77. The van der Waals surface area contributed by atoms with Gasteiger partial charge in [0.2, 0.25) is 0 Å². The molecular formula is C24H30N6O. The molecule has 1 amide bonds. The highest BCUT2D eigenvalue weighted by molar-refractivity contribution is 5.94. The zero-order chi connectivity index (χ0) is 21.2. The van der Waals surface area contributed by atoms with E-state index in [-0.39, 0.29) is 11.9 Å². The Morgan fingerprint density at radius 2 is 1.90 bits per heavy atom. The molecule has 3 aromatic rings. The van der Waals surface area contributed by atoms with Gasteiger partial charge in [-0.2, -0.15) is 5.10 Å². The lowest BCUT2D eigenvalue weighted by Crippen LogP contribution is -2.36. The number of benzene rings is 1. The van der Waals surface area contributed by atoms with Gasteiger partial charge < -0.3 is 9.88 Å². The first kappa shape index (κ1) is 20.0. The second-order valence-corrected chi connectivity index (χ2v) is 8.77. The fourth-order valence-corrected chi connectivity index (χ4v) is 5.00. The van der Waals surface area contributed by atoms with Gasteiger partial charge in [-0.25, -0.2) is 0 Å². The lowest BCUT2D eigenvalue weighted by Gasteiger charge is -2.17. The summed E-state index contributed by atoms with van der Waals surface area (Å²) in [5.74, 6) is 2.11. The highest BCUT2D eigenvalue weighted by Gasteiger charge is 2.27. The number of nitrogens with zero attached hydrogens (tertiary/aromatic N) is 5. The highest BCUT2D eigenvalue weighted by Crippen LogP contribution is 2.24. The molecule has 5 rings (SSSR count). The van der Waals surface area contributed by atoms with Crippen LogP contribution in [0.25, 0.3) is 0 Å². The molecule has 0 saturated heterocycles. The first-order chi connectivity index (χ1) is 15.2. The molecule has 0 fully saturated rings. The summed E-state index contributed by atoms with van der Waals surface area (Å²) in [5.41, 5.74) is 4.33. The molecule has 1 aromatic carbocycles. The minimum atomic E-state index is 0.0186. The molecule has 1 N–H and O–H groups in total. The van der Waals surface area contributed by atoms with Crippen molar-refractivity contribution in [2.75, 3.05) is 0 Å². The van der Waals surface area contributed by atoms with Crippen molar-refractivity contribution in [2.24, 2.45) is 7.05 Å². The summed E-state index contributed by atoms with van der Waals surface area (Å²) in [6, 6.07) is 10.6. The maximum Gasteiger partial charge on any atom is 0.270 e. The van der Waals surface area contributed by atoms with E-state index in [1.807, 2.05) is 13.1 Å². The third-order valence-electron chi connectivity index (χ3n) is 6.67. The van der Waals surface area contributed by atoms with Crippen LogP contribution in [0.2, 0.25) is 0 Å². The largest absolute Gasteiger partial charge is 0.348 e. The molecule has 1 atom stereocenters. The lowest BCUT2D eigenvalue weighted by molar-refractivity contribution is 0.0922. The summed E-state index contributed by atoms with van der Waals surface area (Å²) in [6.07, 6.45) is 8.73. The summed E-state index contributed by atoms with van der Waals surface area (Å²) in [7, 11) is 1.89. The standard InChI is InChI=1S/C24H30N6O/c1-29-23(19-9-5-6-10-20(19)28-29)24(31)25-18-12-14-22-27-26-21(30(22)16-15-18)13-11-17-7-3-2-4-8-17/h2-4,7-8,18H,5-6,9-16H2,1H3,(H,25,31). The van der Waals surface area contributed by atoms with E-state index in [9.17, 15) is 4.79 Å². The van der Waals surface area contributed by atoms with Crippen LogP contribution in [0, 0.1) is 0 Å². The van der Waals surface area contributed by atoms with Crippen molar-refractivity contribution in [1.82, 2.24) is 29.9 Å². The zero-order valence-corrected chi connectivity index (χ0v) is 18.2. The van der Waals surface area contributed by atoms with E-state index < -0.39 is 0 Å². The van der Waals surface area contributed by atoms with Gasteiger partial charge in [0, 0.05) is 38.0 Å². The van der Waals surface area contributed by atoms with Gasteiger partial charge in [-0.05, 0) is 50.5 Å². The van der Waals surface area contributed by atoms with Gasteiger partial charge in [0.25, 0.3) is 5.91 Å². The van der Waals surface area contributed by atoms with Gasteiger partial charge in [0.05, 0.1) is 5.69 Å². The molecule has 0 saturated carbocycles. The maximum atomic E-state index is 13.1. The first-order valence-corrected chi connectivity index (χ1v) is 11.5. The van der Waals surface area contributed by atoms with E-state index in [2.05, 4.69) is 49.4 Å². The summed E-state index contributed by atoms with van der Waals surface area (Å²) in [4.78, 5) is 13.1. The van der Waals surface area contributed by atoms with Crippen LogP contribution in [0.5, 0.6) is 0 Å². The van der Waals surface area contributed by atoms with Crippen LogP contribution in [0.1, 0.15) is 64.6 Å². The monoisotopic (exact) mass is 418 g/mol. The minimum Gasteiger partial charge on any atom is -0.348 e. The van der Waals surface area contributed by atoms with Crippen LogP contribution in [-0.2, 0) is 45.7 Å². The molecule has 1 unspecified atom stereocenters. The van der Waals surface area contributed by atoms with Crippen molar-refractivity contribution in [3.05, 3.63) is 64.5 Å².